The quantitative estimate of drug-likeness (QED) is 0.783. The normalized spacial score (nSPS) is 35.6. The van der Waals surface area contributed by atoms with E-state index in [1.54, 1.807) is 0 Å². The van der Waals surface area contributed by atoms with Crippen LogP contribution < -0.4 is 5.32 Å². The molecule has 0 spiro atoms. The summed E-state index contributed by atoms with van der Waals surface area (Å²) in [6.07, 6.45) is -0.734. The van der Waals surface area contributed by atoms with Crippen LogP contribution in [0.4, 0.5) is 13.2 Å². The molecule has 1 nitrogen and oxygen atoms in total. The third-order valence-electron chi connectivity index (χ3n) is 4.16. The summed E-state index contributed by atoms with van der Waals surface area (Å²) in [5.41, 5.74) is -1.39. The van der Waals surface area contributed by atoms with Crippen LogP contribution in [0.1, 0.15) is 52.9 Å². The van der Waals surface area contributed by atoms with Crippen molar-refractivity contribution in [1.29, 1.82) is 0 Å². The van der Waals surface area contributed by atoms with Crippen molar-refractivity contribution in [2.24, 2.45) is 11.3 Å². The summed E-state index contributed by atoms with van der Waals surface area (Å²) in [5, 5.41) is 2.91. The monoisotopic (exact) mass is 249 g/mol. The van der Waals surface area contributed by atoms with Gasteiger partial charge in [-0.1, -0.05) is 20.8 Å². The van der Waals surface area contributed by atoms with Gasteiger partial charge in [-0.3, -0.25) is 0 Å². The molecule has 0 aliphatic heterocycles. The molecule has 17 heavy (non-hydrogen) atoms. The zero-order valence-corrected chi connectivity index (χ0v) is 10.8. The maximum atomic E-state index is 12.9. The van der Waals surface area contributed by atoms with Gasteiger partial charge in [0.2, 0.25) is 0 Å². The highest BCUT2D eigenvalue weighted by atomic mass is 19.4. The van der Waals surface area contributed by atoms with Crippen LogP contribution in [-0.4, -0.2) is 17.8 Å². The molecule has 2 fully saturated rings. The summed E-state index contributed by atoms with van der Waals surface area (Å²) < 4.78 is 38.6. The molecule has 0 amide bonds. The highest BCUT2D eigenvalue weighted by Gasteiger charge is 2.64. The standard InChI is InChI=1S/C13H22F3N/c1-9-6-10(8-11(2,3)7-9)17-12(4-5-12)13(14,15)16/h9-10,17H,4-8H2,1-3H3. The van der Waals surface area contributed by atoms with Crippen molar-refractivity contribution in [1.82, 2.24) is 5.32 Å². The Hall–Kier alpha value is -0.250. The molecule has 2 saturated carbocycles. The van der Waals surface area contributed by atoms with Gasteiger partial charge in [0.1, 0.15) is 5.54 Å². The van der Waals surface area contributed by atoms with Gasteiger partial charge in [0.05, 0.1) is 0 Å². The van der Waals surface area contributed by atoms with E-state index in [0.717, 1.165) is 19.3 Å². The minimum Gasteiger partial charge on any atom is -0.301 e. The van der Waals surface area contributed by atoms with E-state index < -0.39 is 11.7 Å². The first-order valence-electron chi connectivity index (χ1n) is 6.48. The Balaban J connectivity index is 2.00. The highest BCUT2D eigenvalue weighted by molar-refractivity contribution is 5.10. The first-order chi connectivity index (χ1) is 7.64. The summed E-state index contributed by atoms with van der Waals surface area (Å²) in [4.78, 5) is 0. The van der Waals surface area contributed by atoms with Crippen molar-refractivity contribution >= 4 is 0 Å². The minimum absolute atomic E-state index is 0.0258. The average Bonchev–Trinajstić information content (AvgIpc) is 2.79. The number of halogens is 3. The lowest BCUT2D eigenvalue weighted by Crippen LogP contribution is -2.52. The molecule has 0 heterocycles. The largest absolute Gasteiger partial charge is 0.406 e. The predicted molar refractivity (Wildman–Crippen MR) is 61.7 cm³/mol. The molecule has 0 radical (unpaired) electrons. The molecule has 1 N–H and O–H groups in total. The molecule has 2 rings (SSSR count). The van der Waals surface area contributed by atoms with E-state index in [1.807, 2.05) is 0 Å². The fourth-order valence-corrected chi connectivity index (χ4v) is 3.48. The van der Waals surface area contributed by atoms with Crippen LogP contribution in [0.2, 0.25) is 0 Å². The van der Waals surface area contributed by atoms with Crippen LogP contribution >= 0.6 is 0 Å². The molecule has 0 aromatic heterocycles. The van der Waals surface area contributed by atoms with Gasteiger partial charge in [0, 0.05) is 6.04 Å². The number of rotatable bonds is 2. The molecular formula is C13H22F3N. The lowest BCUT2D eigenvalue weighted by Gasteiger charge is -2.41. The van der Waals surface area contributed by atoms with Gasteiger partial charge in [0.15, 0.2) is 0 Å². The second kappa shape index (κ2) is 3.87. The van der Waals surface area contributed by atoms with E-state index in [4.69, 9.17) is 0 Å². The van der Waals surface area contributed by atoms with E-state index in [1.165, 1.54) is 0 Å². The van der Waals surface area contributed by atoms with Crippen LogP contribution in [0.5, 0.6) is 0 Å². The third-order valence-corrected chi connectivity index (χ3v) is 4.16. The first-order valence-corrected chi connectivity index (χ1v) is 6.48. The molecule has 0 bridgehead atoms. The smallest absolute Gasteiger partial charge is 0.301 e. The molecule has 2 aliphatic carbocycles. The van der Waals surface area contributed by atoms with E-state index in [2.05, 4.69) is 26.1 Å². The highest BCUT2D eigenvalue weighted by Crippen LogP contribution is 2.50. The molecule has 0 aromatic carbocycles. The Morgan fingerprint density at radius 1 is 1.12 bits per heavy atom. The molecule has 4 heteroatoms. The average molecular weight is 249 g/mol. The van der Waals surface area contributed by atoms with Gasteiger partial charge >= 0.3 is 6.18 Å². The Kier molecular flexibility index (Phi) is 3.00. The maximum absolute atomic E-state index is 12.9. The van der Waals surface area contributed by atoms with Crippen LogP contribution in [-0.2, 0) is 0 Å². The summed E-state index contributed by atoms with van der Waals surface area (Å²) in [7, 11) is 0. The van der Waals surface area contributed by atoms with Crippen molar-refractivity contribution in [3.63, 3.8) is 0 Å². The number of hydrogen-bond acceptors (Lipinski definition) is 1. The van der Waals surface area contributed by atoms with Crippen molar-refractivity contribution in [3.8, 4) is 0 Å². The number of nitrogens with one attached hydrogen (secondary N) is 1. The Labute approximate surface area is 101 Å². The Morgan fingerprint density at radius 3 is 2.12 bits per heavy atom. The number of hydrogen-bond donors (Lipinski definition) is 1. The van der Waals surface area contributed by atoms with E-state index >= 15 is 0 Å². The van der Waals surface area contributed by atoms with E-state index in [9.17, 15) is 13.2 Å². The molecule has 2 aliphatic rings. The lowest BCUT2D eigenvalue weighted by atomic mass is 9.70. The van der Waals surface area contributed by atoms with Gasteiger partial charge in [-0.15, -0.1) is 0 Å². The van der Waals surface area contributed by atoms with Gasteiger partial charge in [-0.25, -0.2) is 0 Å². The summed E-state index contributed by atoms with van der Waals surface area (Å²) >= 11 is 0. The van der Waals surface area contributed by atoms with Gasteiger partial charge in [-0.2, -0.15) is 13.2 Å². The topological polar surface area (TPSA) is 12.0 Å². The SMILES string of the molecule is CC1CC(NC2(C(F)(F)F)CC2)CC(C)(C)C1. The van der Waals surface area contributed by atoms with Gasteiger partial charge in [0.25, 0.3) is 0 Å². The van der Waals surface area contributed by atoms with E-state index in [0.29, 0.717) is 5.92 Å². The zero-order valence-electron chi connectivity index (χ0n) is 10.8. The lowest BCUT2D eigenvalue weighted by molar-refractivity contribution is -0.169. The van der Waals surface area contributed by atoms with Crippen molar-refractivity contribution < 1.29 is 13.2 Å². The second-order valence-corrected chi connectivity index (χ2v) is 6.83. The van der Waals surface area contributed by atoms with Crippen molar-refractivity contribution in [3.05, 3.63) is 0 Å². The van der Waals surface area contributed by atoms with Crippen molar-refractivity contribution in [2.45, 2.75) is 70.6 Å². The molecule has 100 valence electrons. The molecular weight excluding hydrogens is 227 g/mol. The Morgan fingerprint density at radius 2 is 1.71 bits per heavy atom. The fraction of sp³-hybridized carbons (Fsp3) is 1.00. The van der Waals surface area contributed by atoms with Gasteiger partial charge < -0.3 is 5.32 Å². The molecule has 2 unspecified atom stereocenters. The Bertz CT molecular complexity index is 292. The summed E-state index contributed by atoms with van der Waals surface area (Å²) in [6.45, 7) is 6.46. The van der Waals surface area contributed by atoms with Crippen LogP contribution in [0.3, 0.4) is 0 Å². The van der Waals surface area contributed by atoms with Crippen LogP contribution in [0, 0.1) is 11.3 Å². The van der Waals surface area contributed by atoms with Crippen LogP contribution in [0.25, 0.3) is 0 Å². The van der Waals surface area contributed by atoms with E-state index in [-0.39, 0.29) is 24.3 Å². The maximum Gasteiger partial charge on any atom is 0.406 e. The predicted octanol–water partition coefficient (Wildman–Crippen LogP) is 3.89. The molecule has 2 atom stereocenters. The van der Waals surface area contributed by atoms with Gasteiger partial charge in [-0.05, 0) is 43.4 Å². The number of alkyl halides is 3. The molecule has 0 saturated heterocycles. The second-order valence-electron chi connectivity index (χ2n) is 6.83. The molecule has 0 aromatic rings. The first kappa shape index (κ1) is 13.2. The minimum atomic E-state index is -4.09. The summed E-state index contributed by atoms with van der Waals surface area (Å²) in [5.74, 6) is 0.514. The zero-order chi connectivity index (χ0) is 12.9. The summed E-state index contributed by atoms with van der Waals surface area (Å²) in [6, 6.07) is 0.0258. The van der Waals surface area contributed by atoms with Crippen molar-refractivity contribution in [2.75, 3.05) is 0 Å². The van der Waals surface area contributed by atoms with Crippen LogP contribution in [0.15, 0.2) is 0 Å². The third kappa shape index (κ3) is 2.78. The fourth-order valence-electron chi connectivity index (χ4n) is 3.48.